The first-order chi connectivity index (χ1) is 13.4. The minimum atomic E-state index is -3.84. The van der Waals surface area contributed by atoms with Crippen LogP contribution >= 0.6 is 11.6 Å². The quantitative estimate of drug-likeness (QED) is 0.600. The number of aromatic nitrogens is 2. The number of anilines is 2. The minimum Gasteiger partial charge on any atom is -0.323 e. The molecule has 0 fully saturated rings. The van der Waals surface area contributed by atoms with Crippen molar-refractivity contribution in [1.82, 2.24) is 10.2 Å². The highest BCUT2D eigenvalue weighted by molar-refractivity contribution is 7.92. The molecule has 0 aliphatic carbocycles. The summed E-state index contributed by atoms with van der Waals surface area (Å²) in [6.45, 7) is 0. The van der Waals surface area contributed by atoms with Crippen molar-refractivity contribution < 1.29 is 13.2 Å². The van der Waals surface area contributed by atoms with E-state index in [1.807, 2.05) is 30.3 Å². The zero-order chi connectivity index (χ0) is 20.0. The molecule has 0 atom stereocenters. The van der Waals surface area contributed by atoms with Gasteiger partial charge >= 0.3 is 0 Å². The van der Waals surface area contributed by atoms with Gasteiger partial charge in [-0.2, -0.15) is 0 Å². The Hall–Kier alpha value is -3.23. The van der Waals surface area contributed by atoms with Crippen LogP contribution < -0.4 is 10.0 Å². The summed E-state index contributed by atoms with van der Waals surface area (Å²) in [6, 6.07) is 18.0. The predicted molar refractivity (Wildman–Crippen MR) is 108 cm³/mol. The van der Waals surface area contributed by atoms with Gasteiger partial charge in [-0.15, -0.1) is 10.2 Å². The van der Waals surface area contributed by atoms with Crippen molar-refractivity contribution in [2.24, 2.45) is 0 Å². The van der Waals surface area contributed by atoms with Crippen LogP contribution in [-0.4, -0.2) is 24.5 Å². The van der Waals surface area contributed by atoms with Crippen LogP contribution in [0.2, 0.25) is 5.15 Å². The minimum absolute atomic E-state index is 0.0158. The number of nitrogens with zero attached hydrogens (tertiary/aromatic N) is 2. The lowest BCUT2D eigenvalue weighted by Gasteiger charge is -2.08. The van der Waals surface area contributed by atoms with Crippen LogP contribution in [0, 0.1) is 0 Å². The van der Waals surface area contributed by atoms with E-state index in [0.29, 0.717) is 5.69 Å². The molecule has 0 aliphatic rings. The third-order valence-electron chi connectivity index (χ3n) is 3.53. The summed E-state index contributed by atoms with van der Waals surface area (Å²) in [5, 5.41) is 10.1. The normalized spacial score (nSPS) is 11.3. The van der Waals surface area contributed by atoms with Crippen LogP contribution in [0.15, 0.2) is 77.7 Å². The van der Waals surface area contributed by atoms with Gasteiger partial charge in [0.05, 0.1) is 4.90 Å². The van der Waals surface area contributed by atoms with Crippen LogP contribution in [0.3, 0.4) is 0 Å². The maximum absolute atomic E-state index is 12.4. The first-order valence-corrected chi connectivity index (χ1v) is 9.95. The lowest BCUT2D eigenvalue weighted by molar-refractivity contribution is -0.111. The molecule has 3 rings (SSSR count). The van der Waals surface area contributed by atoms with E-state index in [1.165, 1.54) is 42.5 Å². The van der Waals surface area contributed by atoms with Crippen molar-refractivity contribution >= 4 is 45.1 Å². The zero-order valence-electron chi connectivity index (χ0n) is 14.4. The fraction of sp³-hybridized carbons (Fsp3) is 0. The standard InChI is InChI=1S/C19H15ClN4O3S/c20-17-11-12-18(23-22-17)24-28(26,27)16-9-7-15(8-10-16)21-19(25)13-6-14-4-2-1-3-5-14/h1-13H,(H,21,25)(H,23,24)/b13-6+. The first kappa shape index (κ1) is 19.5. The Labute approximate surface area is 167 Å². The monoisotopic (exact) mass is 414 g/mol. The highest BCUT2D eigenvalue weighted by atomic mass is 35.5. The van der Waals surface area contributed by atoms with Gasteiger partial charge in [-0.25, -0.2) is 8.42 Å². The van der Waals surface area contributed by atoms with Gasteiger partial charge in [0.2, 0.25) is 5.91 Å². The Kier molecular flexibility index (Phi) is 6.03. The van der Waals surface area contributed by atoms with E-state index in [-0.39, 0.29) is 21.8 Å². The molecule has 1 aromatic heterocycles. The lowest BCUT2D eigenvalue weighted by Crippen LogP contribution is -2.14. The summed E-state index contributed by atoms with van der Waals surface area (Å²) in [7, 11) is -3.84. The largest absolute Gasteiger partial charge is 0.323 e. The molecule has 2 N–H and O–H groups in total. The maximum Gasteiger partial charge on any atom is 0.263 e. The topological polar surface area (TPSA) is 101 Å². The highest BCUT2D eigenvalue weighted by Crippen LogP contribution is 2.17. The molecule has 28 heavy (non-hydrogen) atoms. The third-order valence-corrected chi connectivity index (χ3v) is 5.10. The average molecular weight is 415 g/mol. The number of sulfonamides is 1. The number of carbonyl (C=O) groups is 1. The van der Waals surface area contributed by atoms with Crippen LogP contribution in [0.1, 0.15) is 5.56 Å². The van der Waals surface area contributed by atoms with E-state index in [9.17, 15) is 13.2 Å². The molecular formula is C19H15ClN4O3S. The predicted octanol–water partition coefficient (Wildman–Crippen LogP) is 3.58. The molecule has 0 radical (unpaired) electrons. The number of benzene rings is 2. The number of hydrogen-bond donors (Lipinski definition) is 2. The Morgan fingerprint density at radius 3 is 2.29 bits per heavy atom. The van der Waals surface area contributed by atoms with E-state index in [1.54, 1.807) is 6.08 Å². The molecule has 3 aromatic rings. The number of rotatable bonds is 6. The van der Waals surface area contributed by atoms with Crippen molar-refractivity contribution in [3.05, 3.63) is 83.5 Å². The summed E-state index contributed by atoms with van der Waals surface area (Å²) in [6.07, 6.45) is 3.09. The van der Waals surface area contributed by atoms with Gasteiger partial charge in [0.25, 0.3) is 10.0 Å². The number of halogens is 1. The molecule has 7 nitrogen and oxygen atoms in total. The number of hydrogen-bond acceptors (Lipinski definition) is 5. The second-order valence-corrected chi connectivity index (χ2v) is 7.67. The van der Waals surface area contributed by atoms with Crippen LogP contribution in [0.5, 0.6) is 0 Å². The number of nitrogens with one attached hydrogen (secondary N) is 2. The fourth-order valence-corrected chi connectivity index (χ4v) is 3.30. The van der Waals surface area contributed by atoms with Gasteiger partial charge in [0, 0.05) is 11.8 Å². The Bertz CT molecular complexity index is 1080. The Morgan fingerprint density at radius 1 is 0.929 bits per heavy atom. The third kappa shape index (κ3) is 5.38. The molecule has 142 valence electrons. The zero-order valence-corrected chi connectivity index (χ0v) is 16.0. The van der Waals surface area contributed by atoms with Crippen LogP contribution in [-0.2, 0) is 14.8 Å². The summed E-state index contributed by atoms with van der Waals surface area (Å²) < 4.78 is 27.0. The first-order valence-electron chi connectivity index (χ1n) is 8.09. The Balaban J connectivity index is 1.64. The molecule has 0 bridgehead atoms. The fourth-order valence-electron chi connectivity index (χ4n) is 2.20. The van der Waals surface area contributed by atoms with Gasteiger partial charge in [-0.05, 0) is 48.0 Å². The summed E-state index contributed by atoms with van der Waals surface area (Å²) >= 11 is 5.63. The van der Waals surface area contributed by atoms with Crippen molar-refractivity contribution in [3.8, 4) is 0 Å². The van der Waals surface area contributed by atoms with Crippen LogP contribution in [0.4, 0.5) is 11.5 Å². The van der Waals surface area contributed by atoms with Gasteiger partial charge in [-0.1, -0.05) is 41.9 Å². The van der Waals surface area contributed by atoms with Crippen molar-refractivity contribution in [3.63, 3.8) is 0 Å². The average Bonchev–Trinajstić information content (AvgIpc) is 2.69. The van der Waals surface area contributed by atoms with Gasteiger partial charge < -0.3 is 5.32 Å². The highest BCUT2D eigenvalue weighted by Gasteiger charge is 2.15. The van der Waals surface area contributed by atoms with E-state index >= 15 is 0 Å². The SMILES string of the molecule is O=C(/C=C/c1ccccc1)Nc1ccc(S(=O)(=O)Nc2ccc(Cl)nn2)cc1. The van der Waals surface area contributed by atoms with Crippen molar-refractivity contribution in [2.45, 2.75) is 4.90 Å². The smallest absolute Gasteiger partial charge is 0.263 e. The molecule has 0 unspecified atom stereocenters. The molecule has 1 heterocycles. The second-order valence-electron chi connectivity index (χ2n) is 5.60. The van der Waals surface area contributed by atoms with Gasteiger partial charge in [0.15, 0.2) is 11.0 Å². The van der Waals surface area contributed by atoms with Crippen molar-refractivity contribution in [2.75, 3.05) is 10.0 Å². The molecule has 0 aliphatic heterocycles. The maximum atomic E-state index is 12.4. The molecule has 2 aromatic carbocycles. The van der Waals surface area contributed by atoms with Crippen molar-refractivity contribution in [1.29, 1.82) is 0 Å². The van der Waals surface area contributed by atoms with E-state index in [0.717, 1.165) is 5.56 Å². The van der Waals surface area contributed by atoms with E-state index < -0.39 is 10.0 Å². The molecule has 0 saturated carbocycles. The van der Waals surface area contributed by atoms with Crippen LogP contribution in [0.25, 0.3) is 6.08 Å². The molecule has 9 heteroatoms. The van der Waals surface area contributed by atoms with Gasteiger partial charge in [0.1, 0.15) is 0 Å². The van der Waals surface area contributed by atoms with E-state index in [4.69, 9.17) is 11.6 Å². The summed E-state index contributed by atoms with van der Waals surface area (Å²) in [5.41, 5.74) is 1.36. The Morgan fingerprint density at radius 2 is 1.64 bits per heavy atom. The number of amides is 1. The molecule has 0 spiro atoms. The lowest BCUT2D eigenvalue weighted by atomic mass is 10.2. The van der Waals surface area contributed by atoms with E-state index in [2.05, 4.69) is 20.2 Å². The van der Waals surface area contributed by atoms with Gasteiger partial charge in [-0.3, -0.25) is 9.52 Å². The molecule has 1 amide bonds. The number of carbonyl (C=O) groups excluding carboxylic acids is 1. The summed E-state index contributed by atoms with van der Waals surface area (Å²) in [5.74, 6) is -0.276. The summed E-state index contributed by atoms with van der Waals surface area (Å²) in [4.78, 5) is 12.0. The second kappa shape index (κ2) is 8.64. The molecule has 0 saturated heterocycles. The molecular weight excluding hydrogens is 400 g/mol.